The van der Waals surface area contributed by atoms with Gasteiger partial charge in [-0.05, 0) is 50.5 Å². The Labute approximate surface area is 186 Å². The number of para-hydroxylation sites is 2. The Morgan fingerprint density at radius 1 is 1.23 bits per heavy atom. The van der Waals surface area contributed by atoms with Crippen molar-refractivity contribution in [1.29, 1.82) is 0 Å². The Bertz CT molecular complexity index is 1100. The highest BCUT2D eigenvalue weighted by atomic mass is 32.2. The summed E-state index contributed by atoms with van der Waals surface area (Å²) in [5.74, 6) is 0.664. The number of benzene rings is 1. The summed E-state index contributed by atoms with van der Waals surface area (Å²) in [6, 6.07) is 11.8. The summed E-state index contributed by atoms with van der Waals surface area (Å²) in [4.78, 5) is 36.4. The third kappa shape index (κ3) is 4.74. The van der Waals surface area contributed by atoms with E-state index in [1.807, 2.05) is 42.2 Å². The van der Waals surface area contributed by atoms with Crippen molar-refractivity contribution in [3.05, 3.63) is 48.2 Å². The minimum Gasteiger partial charge on any atom is -0.341 e. The number of thioether (sulfide) groups is 1. The van der Waals surface area contributed by atoms with Gasteiger partial charge in [0.25, 0.3) is 0 Å². The van der Waals surface area contributed by atoms with E-state index in [2.05, 4.69) is 32.8 Å². The summed E-state index contributed by atoms with van der Waals surface area (Å²) in [5.41, 5.74) is 2.95. The van der Waals surface area contributed by atoms with Crippen LogP contribution in [0.3, 0.4) is 0 Å². The van der Waals surface area contributed by atoms with Crippen molar-refractivity contribution in [2.24, 2.45) is 5.92 Å². The number of carbonyl (C=O) groups is 2. The molecule has 2 amide bonds. The molecule has 8 heteroatoms. The average molecular weight is 438 g/mol. The van der Waals surface area contributed by atoms with E-state index in [9.17, 15) is 9.59 Å². The number of piperidine rings is 1. The zero-order valence-corrected chi connectivity index (χ0v) is 18.7. The predicted octanol–water partition coefficient (Wildman–Crippen LogP) is 3.73. The molecule has 7 nitrogen and oxygen atoms in total. The van der Waals surface area contributed by atoms with Gasteiger partial charge in [-0.25, -0.2) is 9.97 Å². The number of carbonyl (C=O) groups excluding carboxylic acids is 2. The van der Waals surface area contributed by atoms with Crippen LogP contribution in [0.1, 0.15) is 25.3 Å². The lowest BCUT2D eigenvalue weighted by molar-refractivity contribution is -0.132. The lowest BCUT2D eigenvalue weighted by atomic mass is 9.97. The number of imidazole rings is 1. The van der Waals surface area contributed by atoms with Crippen LogP contribution in [-0.4, -0.2) is 50.1 Å². The molecule has 1 aliphatic rings. The number of aromatic nitrogens is 3. The molecule has 2 aromatic heterocycles. The number of hydrogen-bond donors (Lipinski definition) is 1. The highest BCUT2D eigenvalue weighted by Gasteiger charge is 2.29. The fraction of sp³-hybridized carbons (Fsp3) is 0.391. The number of nitrogens with one attached hydrogen (secondary N) is 1. The maximum Gasteiger partial charge on any atom is 0.233 e. The highest BCUT2D eigenvalue weighted by molar-refractivity contribution is 7.99. The molecule has 0 bridgehead atoms. The predicted molar refractivity (Wildman–Crippen MR) is 123 cm³/mol. The molecule has 31 heavy (non-hydrogen) atoms. The van der Waals surface area contributed by atoms with Crippen LogP contribution in [0.5, 0.6) is 0 Å². The van der Waals surface area contributed by atoms with Crippen molar-refractivity contribution in [2.75, 3.05) is 24.2 Å². The fourth-order valence-electron chi connectivity index (χ4n) is 3.94. The molecule has 1 unspecified atom stereocenters. The molecule has 4 rings (SSSR count). The molecule has 1 fully saturated rings. The van der Waals surface area contributed by atoms with Gasteiger partial charge >= 0.3 is 0 Å². The van der Waals surface area contributed by atoms with Gasteiger partial charge in [0.2, 0.25) is 11.8 Å². The molecule has 0 aliphatic carbocycles. The summed E-state index contributed by atoms with van der Waals surface area (Å²) in [5, 5.41) is 3.78. The minimum atomic E-state index is -0.218. The topological polar surface area (TPSA) is 80.1 Å². The van der Waals surface area contributed by atoms with Gasteiger partial charge in [0.15, 0.2) is 5.16 Å². The van der Waals surface area contributed by atoms with E-state index < -0.39 is 0 Å². The summed E-state index contributed by atoms with van der Waals surface area (Å²) in [6.45, 7) is 5.94. The molecule has 162 valence electrons. The third-order valence-corrected chi connectivity index (χ3v) is 6.62. The fourth-order valence-corrected chi connectivity index (χ4v) is 4.92. The molecule has 1 aliphatic heterocycles. The first-order chi connectivity index (χ1) is 15.1. The molecule has 1 atom stereocenters. The molecule has 0 spiro atoms. The minimum absolute atomic E-state index is 0.0474. The normalized spacial score (nSPS) is 16.5. The molecular weight excluding hydrogens is 410 g/mol. The largest absolute Gasteiger partial charge is 0.341 e. The van der Waals surface area contributed by atoms with Crippen molar-refractivity contribution in [3.8, 4) is 0 Å². The van der Waals surface area contributed by atoms with E-state index in [1.54, 1.807) is 6.20 Å². The first-order valence-corrected chi connectivity index (χ1v) is 11.6. The standard InChI is InChI=1S/C23H27N5O2S/c1-3-28-19-11-5-4-10-18(19)25-23(28)31-15-20(29)27-13-7-9-17(14-27)22(30)26-21-16(2)8-6-12-24-21/h4-6,8,10-12,17H,3,7,9,13-15H2,1-2H3,(H,24,26,30). The summed E-state index contributed by atoms with van der Waals surface area (Å²) in [7, 11) is 0. The van der Waals surface area contributed by atoms with E-state index in [4.69, 9.17) is 0 Å². The Morgan fingerprint density at radius 3 is 2.87 bits per heavy atom. The number of anilines is 1. The Kier molecular flexibility index (Phi) is 6.56. The molecule has 3 heterocycles. The monoisotopic (exact) mass is 437 g/mol. The zero-order valence-electron chi connectivity index (χ0n) is 17.9. The Hall–Kier alpha value is -2.87. The first-order valence-electron chi connectivity index (χ1n) is 10.6. The molecule has 3 aromatic rings. The smallest absolute Gasteiger partial charge is 0.233 e. The number of rotatable bonds is 6. The van der Waals surface area contributed by atoms with Crippen LogP contribution in [0.2, 0.25) is 0 Å². The van der Waals surface area contributed by atoms with E-state index in [-0.39, 0.29) is 17.7 Å². The van der Waals surface area contributed by atoms with Crippen molar-refractivity contribution >= 4 is 40.4 Å². The van der Waals surface area contributed by atoms with E-state index in [0.29, 0.717) is 24.7 Å². The van der Waals surface area contributed by atoms with Crippen molar-refractivity contribution < 1.29 is 9.59 Å². The second kappa shape index (κ2) is 9.51. The molecule has 1 aromatic carbocycles. The van der Waals surface area contributed by atoms with Gasteiger partial charge in [-0.15, -0.1) is 0 Å². The quantitative estimate of drug-likeness (QED) is 0.595. The number of pyridine rings is 1. The van der Waals surface area contributed by atoms with Crippen LogP contribution < -0.4 is 5.32 Å². The number of fused-ring (bicyclic) bond motifs is 1. The Morgan fingerprint density at radius 2 is 2.06 bits per heavy atom. The number of likely N-dealkylation sites (tertiary alicyclic amines) is 1. The Balaban J connectivity index is 1.37. The number of hydrogen-bond acceptors (Lipinski definition) is 5. The molecule has 0 saturated carbocycles. The van der Waals surface area contributed by atoms with Crippen LogP contribution in [0, 0.1) is 12.8 Å². The molecule has 1 N–H and O–H groups in total. The van der Waals surface area contributed by atoms with Gasteiger partial charge in [0.1, 0.15) is 5.82 Å². The van der Waals surface area contributed by atoms with Crippen LogP contribution in [-0.2, 0) is 16.1 Å². The molecule has 1 saturated heterocycles. The lowest BCUT2D eigenvalue weighted by Gasteiger charge is -2.32. The number of amides is 2. The van der Waals surface area contributed by atoms with E-state index >= 15 is 0 Å². The van der Waals surface area contributed by atoms with Gasteiger partial charge in [-0.2, -0.15) is 0 Å². The second-order valence-corrected chi connectivity index (χ2v) is 8.70. The average Bonchev–Trinajstić information content (AvgIpc) is 3.16. The first kappa shape index (κ1) is 21.4. The molecule has 0 radical (unpaired) electrons. The second-order valence-electron chi connectivity index (χ2n) is 7.75. The molecular formula is C23H27N5O2S. The van der Waals surface area contributed by atoms with Gasteiger partial charge in [-0.1, -0.05) is 30.0 Å². The van der Waals surface area contributed by atoms with Gasteiger partial charge in [0, 0.05) is 25.8 Å². The van der Waals surface area contributed by atoms with Crippen molar-refractivity contribution in [1.82, 2.24) is 19.4 Å². The maximum atomic E-state index is 12.9. The highest BCUT2D eigenvalue weighted by Crippen LogP contribution is 2.25. The van der Waals surface area contributed by atoms with Crippen LogP contribution in [0.15, 0.2) is 47.8 Å². The number of nitrogens with zero attached hydrogens (tertiary/aromatic N) is 4. The van der Waals surface area contributed by atoms with Crippen LogP contribution in [0.4, 0.5) is 5.82 Å². The van der Waals surface area contributed by atoms with Crippen molar-refractivity contribution in [2.45, 2.75) is 38.4 Å². The van der Waals surface area contributed by atoms with Gasteiger partial charge in [0.05, 0.1) is 22.7 Å². The SMILES string of the molecule is CCn1c(SCC(=O)N2CCCC(C(=O)Nc3ncccc3C)C2)nc2ccccc21. The summed E-state index contributed by atoms with van der Waals surface area (Å²) >= 11 is 1.46. The zero-order chi connectivity index (χ0) is 21.8. The van der Waals surface area contributed by atoms with Gasteiger partial charge in [-0.3, -0.25) is 9.59 Å². The maximum absolute atomic E-state index is 12.9. The van der Waals surface area contributed by atoms with Crippen molar-refractivity contribution in [3.63, 3.8) is 0 Å². The van der Waals surface area contributed by atoms with Crippen LogP contribution >= 0.6 is 11.8 Å². The third-order valence-electron chi connectivity index (χ3n) is 5.66. The van der Waals surface area contributed by atoms with E-state index in [0.717, 1.165) is 41.1 Å². The lowest BCUT2D eigenvalue weighted by Crippen LogP contribution is -2.44. The number of aryl methyl sites for hydroxylation is 2. The van der Waals surface area contributed by atoms with Gasteiger partial charge < -0.3 is 14.8 Å². The van der Waals surface area contributed by atoms with E-state index in [1.165, 1.54) is 11.8 Å². The summed E-state index contributed by atoms with van der Waals surface area (Å²) < 4.78 is 2.13. The van der Waals surface area contributed by atoms with Crippen LogP contribution in [0.25, 0.3) is 11.0 Å². The summed E-state index contributed by atoms with van der Waals surface area (Å²) in [6.07, 6.45) is 3.27.